The van der Waals surface area contributed by atoms with Gasteiger partial charge in [-0.2, -0.15) is 0 Å². The first-order chi connectivity index (χ1) is 6.83. The van der Waals surface area contributed by atoms with Gasteiger partial charge in [0, 0.05) is 18.4 Å². The molecule has 4 heteroatoms. The molecule has 3 nitrogen and oxygen atoms in total. The second-order valence-electron chi connectivity index (χ2n) is 4.26. The molecule has 84 valence electrons. The minimum atomic E-state index is -0.0373. The van der Waals surface area contributed by atoms with Gasteiger partial charge in [-0.3, -0.25) is 0 Å². The van der Waals surface area contributed by atoms with E-state index in [1.165, 1.54) is 25.3 Å². The van der Waals surface area contributed by atoms with Crippen LogP contribution in [-0.2, 0) is 4.74 Å². The predicted octanol–water partition coefficient (Wildman–Crippen LogP) is 0.166. The summed E-state index contributed by atoms with van der Waals surface area (Å²) < 4.78 is 5.72. The van der Waals surface area contributed by atoms with Gasteiger partial charge >= 0.3 is 0 Å². The molecule has 2 unspecified atom stereocenters. The van der Waals surface area contributed by atoms with Gasteiger partial charge < -0.3 is 16.2 Å². The van der Waals surface area contributed by atoms with E-state index in [9.17, 15) is 0 Å². The number of hydrogen-bond acceptors (Lipinski definition) is 3. The van der Waals surface area contributed by atoms with Crippen molar-refractivity contribution < 1.29 is 4.74 Å². The van der Waals surface area contributed by atoms with E-state index in [1.807, 2.05) is 0 Å². The van der Waals surface area contributed by atoms with Crippen LogP contribution in [0.2, 0.25) is 6.04 Å². The van der Waals surface area contributed by atoms with Crippen LogP contribution in [0.15, 0.2) is 0 Å². The van der Waals surface area contributed by atoms with Crippen LogP contribution in [0.4, 0.5) is 0 Å². The molecule has 0 amide bonds. The number of ether oxygens (including phenoxy) is 1. The molecule has 0 aromatic carbocycles. The SMILES string of the molecule is NCCC(N)CC[SiH2]C1CCCCO1. The molecule has 4 N–H and O–H groups in total. The van der Waals surface area contributed by atoms with Crippen molar-refractivity contribution in [3.8, 4) is 0 Å². The first kappa shape index (κ1) is 12.2. The van der Waals surface area contributed by atoms with Gasteiger partial charge in [0.05, 0.1) is 9.52 Å². The van der Waals surface area contributed by atoms with Gasteiger partial charge in [-0.1, -0.05) is 6.04 Å². The summed E-state index contributed by atoms with van der Waals surface area (Å²) in [4.78, 5) is 0. The summed E-state index contributed by atoms with van der Waals surface area (Å²) in [6.45, 7) is 1.72. The topological polar surface area (TPSA) is 61.3 Å². The Kier molecular flexibility index (Phi) is 6.43. The number of rotatable bonds is 6. The molecule has 2 atom stereocenters. The molecular formula is C10H24N2OSi. The Labute approximate surface area is 89.4 Å². The van der Waals surface area contributed by atoms with Crippen molar-refractivity contribution in [2.75, 3.05) is 13.2 Å². The molecule has 1 rings (SSSR count). The quantitative estimate of drug-likeness (QED) is 0.622. The van der Waals surface area contributed by atoms with Gasteiger partial charge in [-0.25, -0.2) is 0 Å². The Bertz CT molecular complexity index is 140. The molecule has 1 saturated heterocycles. The average molecular weight is 216 g/mol. The molecule has 0 aromatic heterocycles. The van der Waals surface area contributed by atoms with Crippen molar-refractivity contribution in [2.24, 2.45) is 11.5 Å². The summed E-state index contributed by atoms with van der Waals surface area (Å²) in [6, 6.07) is 1.65. The summed E-state index contributed by atoms with van der Waals surface area (Å²) in [5, 5.41) is 0. The molecule has 0 radical (unpaired) electrons. The smallest absolute Gasteiger partial charge is 0.0556 e. The van der Waals surface area contributed by atoms with E-state index in [-0.39, 0.29) is 9.52 Å². The second-order valence-corrected chi connectivity index (χ2v) is 6.45. The fourth-order valence-corrected chi connectivity index (χ4v) is 4.13. The van der Waals surface area contributed by atoms with Crippen molar-refractivity contribution in [1.82, 2.24) is 0 Å². The summed E-state index contributed by atoms with van der Waals surface area (Å²) in [6.07, 6.45) is 6.06. The molecule has 14 heavy (non-hydrogen) atoms. The van der Waals surface area contributed by atoms with Crippen LogP contribution in [0.1, 0.15) is 32.1 Å². The fourth-order valence-electron chi connectivity index (χ4n) is 2.00. The molecule has 1 heterocycles. The molecule has 0 spiro atoms. The van der Waals surface area contributed by atoms with Gasteiger partial charge in [-0.05, 0) is 38.6 Å². The second kappa shape index (κ2) is 7.40. The van der Waals surface area contributed by atoms with Gasteiger partial charge in [0.25, 0.3) is 0 Å². The monoisotopic (exact) mass is 216 g/mol. The van der Waals surface area contributed by atoms with Crippen molar-refractivity contribution in [3.05, 3.63) is 0 Å². The van der Waals surface area contributed by atoms with Crippen molar-refractivity contribution in [2.45, 2.75) is 49.9 Å². The Hall–Kier alpha value is 0.0969. The summed E-state index contributed by atoms with van der Waals surface area (Å²) in [5.41, 5.74) is 12.0. The lowest BCUT2D eigenvalue weighted by Crippen LogP contribution is -2.28. The average Bonchev–Trinajstić information content (AvgIpc) is 2.20. The minimum Gasteiger partial charge on any atom is -0.382 e. The Balaban J connectivity index is 1.96. The molecule has 0 bridgehead atoms. The molecule has 1 aliphatic heterocycles. The molecule has 1 fully saturated rings. The van der Waals surface area contributed by atoms with Crippen LogP contribution in [-0.4, -0.2) is 34.4 Å². The van der Waals surface area contributed by atoms with Crippen LogP contribution in [0, 0.1) is 0 Å². The first-order valence-corrected chi connectivity index (χ1v) is 7.72. The lowest BCUT2D eigenvalue weighted by Gasteiger charge is -2.22. The highest BCUT2D eigenvalue weighted by Gasteiger charge is 2.14. The molecule has 0 saturated carbocycles. The van der Waals surface area contributed by atoms with E-state index in [0.29, 0.717) is 11.8 Å². The molecule has 1 aliphatic rings. The Morgan fingerprint density at radius 3 is 2.86 bits per heavy atom. The van der Waals surface area contributed by atoms with E-state index in [4.69, 9.17) is 16.2 Å². The molecular weight excluding hydrogens is 192 g/mol. The predicted molar refractivity (Wildman–Crippen MR) is 63.2 cm³/mol. The van der Waals surface area contributed by atoms with E-state index in [2.05, 4.69) is 0 Å². The third-order valence-corrected chi connectivity index (χ3v) is 5.02. The first-order valence-electron chi connectivity index (χ1n) is 5.90. The zero-order valence-electron chi connectivity index (χ0n) is 9.08. The lowest BCUT2D eigenvalue weighted by atomic mass is 10.2. The largest absolute Gasteiger partial charge is 0.382 e. The maximum Gasteiger partial charge on any atom is 0.0556 e. The highest BCUT2D eigenvalue weighted by atomic mass is 28.2. The number of hydrogen-bond donors (Lipinski definition) is 2. The highest BCUT2D eigenvalue weighted by Crippen LogP contribution is 2.13. The van der Waals surface area contributed by atoms with Gasteiger partial charge in [0.1, 0.15) is 0 Å². The van der Waals surface area contributed by atoms with Gasteiger partial charge in [0.2, 0.25) is 0 Å². The molecule has 0 aliphatic carbocycles. The van der Waals surface area contributed by atoms with Crippen molar-refractivity contribution >= 4 is 9.52 Å². The van der Waals surface area contributed by atoms with Gasteiger partial charge in [-0.15, -0.1) is 0 Å². The van der Waals surface area contributed by atoms with Crippen LogP contribution < -0.4 is 11.5 Å². The third kappa shape index (κ3) is 5.10. The summed E-state index contributed by atoms with van der Waals surface area (Å²) in [7, 11) is -0.0373. The van der Waals surface area contributed by atoms with E-state index < -0.39 is 0 Å². The Morgan fingerprint density at radius 2 is 2.21 bits per heavy atom. The van der Waals surface area contributed by atoms with Crippen LogP contribution in [0.3, 0.4) is 0 Å². The van der Waals surface area contributed by atoms with Gasteiger partial charge in [0.15, 0.2) is 0 Å². The van der Waals surface area contributed by atoms with Crippen molar-refractivity contribution in [3.63, 3.8) is 0 Å². The maximum absolute atomic E-state index is 5.90. The normalized spacial score (nSPS) is 25.7. The van der Waals surface area contributed by atoms with E-state index >= 15 is 0 Å². The zero-order chi connectivity index (χ0) is 10.2. The van der Waals surface area contributed by atoms with Crippen LogP contribution in [0.5, 0.6) is 0 Å². The fraction of sp³-hybridized carbons (Fsp3) is 1.00. The zero-order valence-corrected chi connectivity index (χ0v) is 10.5. The van der Waals surface area contributed by atoms with Crippen molar-refractivity contribution in [1.29, 1.82) is 0 Å². The standard InChI is InChI=1S/C10H24N2OSi/c11-6-4-9(12)5-8-14-10-3-1-2-7-13-10/h9-10H,1-8,11-12,14H2. The minimum absolute atomic E-state index is 0.0373. The van der Waals surface area contributed by atoms with E-state index in [1.54, 1.807) is 0 Å². The Morgan fingerprint density at radius 1 is 1.36 bits per heavy atom. The third-order valence-electron chi connectivity index (χ3n) is 2.91. The highest BCUT2D eigenvalue weighted by molar-refractivity contribution is 6.37. The summed E-state index contributed by atoms with van der Waals surface area (Å²) in [5.74, 6) is 0. The molecule has 0 aromatic rings. The van der Waals surface area contributed by atoms with Crippen LogP contribution in [0.25, 0.3) is 0 Å². The maximum atomic E-state index is 5.90. The summed E-state index contributed by atoms with van der Waals surface area (Å²) >= 11 is 0. The number of nitrogens with two attached hydrogens (primary N) is 2. The lowest BCUT2D eigenvalue weighted by molar-refractivity contribution is 0.0649. The van der Waals surface area contributed by atoms with Crippen LogP contribution >= 0.6 is 0 Å². The van der Waals surface area contributed by atoms with E-state index in [0.717, 1.165) is 26.0 Å².